The summed E-state index contributed by atoms with van der Waals surface area (Å²) in [6, 6.07) is 8.68. The van der Waals surface area contributed by atoms with Crippen LogP contribution in [0.5, 0.6) is 23.0 Å². The highest BCUT2D eigenvalue weighted by atomic mass is 16.5. The van der Waals surface area contributed by atoms with Crippen LogP contribution in [0.1, 0.15) is 30.4 Å². The van der Waals surface area contributed by atoms with Crippen molar-refractivity contribution in [3.8, 4) is 23.0 Å². The summed E-state index contributed by atoms with van der Waals surface area (Å²) in [5, 5.41) is 0. The van der Waals surface area contributed by atoms with Crippen molar-refractivity contribution in [1.29, 1.82) is 0 Å². The molecule has 0 bridgehead atoms. The first kappa shape index (κ1) is 25.6. The Hall–Kier alpha value is -3.62. The first-order valence-electron chi connectivity index (χ1n) is 13.6. The van der Waals surface area contributed by atoms with Crippen molar-refractivity contribution in [2.75, 3.05) is 40.5 Å². The van der Waals surface area contributed by atoms with Crippen molar-refractivity contribution < 1.29 is 18.9 Å². The predicted octanol–water partition coefficient (Wildman–Crippen LogP) is 5.24. The number of fused-ring (bicyclic) bond motifs is 4. The number of benzene rings is 2. The first-order valence-corrected chi connectivity index (χ1v) is 13.6. The van der Waals surface area contributed by atoms with E-state index in [0.717, 1.165) is 73.0 Å². The molecule has 0 amide bonds. The molecule has 6 rings (SSSR count). The van der Waals surface area contributed by atoms with Crippen LogP contribution in [0, 0.1) is 0 Å². The zero-order chi connectivity index (χ0) is 26.9. The van der Waals surface area contributed by atoms with Crippen LogP contribution < -0.4 is 18.9 Å². The molecule has 2 atom stereocenters. The summed E-state index contributed by atoms with van der Waals surface area (Å²) in [7, 11) is 3.34. The van der Waals surface area contributed by atoms with Crippen molar-refractivity contribution >= 4 is 23.8 Å². The summed E-state index contributed by atoms with van der Waals surface area (Å²) in [5.41, 5.74) is 6.65. The van der Waals surface area contributed by atoms with Crippen LogP contribution in [0.2, 0.25) is 0 Å². The van der Waals surface area contributed by atoms with Gasteiger partial charge in [0.15, 0.2) is 23.0 Å². The van der Waals surface area contributed by atoms with Crippen molar-refractivity contribution in [1.82, 2.24) is 9.80 Å². The summed E-state index contributed by atoms with van der Waals surface area (Å²) < 4.78 is 23.6. The van der Waals surface area contributed by atoms with E-state index in [1.54, 1.807) is 14.2 Å². The standard InChI is InChI=1S/C31H36N4O4/c1-20-8-24-14-32-26-12-30(28(36-3)10-22(26)18-34(24)16-20)38-6-5-7-39-31-13-27-23(11-29(31)37-4)19-35-17-21(2)9-25(35)15-33-27/h10-15,24-25H,1-2,5-9,16-19H2,3-4H3/t24-,25-/m0/s1. The number of ether oxygens (including phenoxy) is 4. The minimum absolute atomic E-state index is 0.310. The Morgan fingerprint density at radius 1 is 0.692 bits per heavy atom. The van der Waals surface area contributed by atoms with Crippen LogP contribution in [-0.4, -0.2) is 74.8 Å². The van der Waals surface area contributed by atoms with E-state index in [0.29, 0.717) is 43.2 Å². The van der Waals surface area contributed by atoms with Gasteiger partial charge in [-0.2, -0.15) is 0 Å². The molecular weight excluding hydrogens is 492 g/mol. The Bertz CT molecular complexity index is 1250. The van der Waals surface area contributed by atoms with Gasteiger partial charge in [0.05, 0.1) is 38.8 Å². The quantitative estimate of drug-likeness (QED) is 0.345. The second kappa shape index (κ2) is 10.9. The maximum absolute atomic E-state index is 6.12. The van der Waals surface area contributed by atoms with E-state index in [9.17, 15) is 0 Å². The highest BCUT2D eigenvalue weighted by Gasteiger charge is 2.30. The van der Waals surface area contributed by atoms with Gasteiger partial charge in [0.2, 0.25) is 0 Å². The number of rotatable bonds is 8. The molecule has 0 radical (unpaired) electrons. The zero-order valence-corrected chi connectivity index (χ0v) is 22.8. The van der Waals surface area contributed by atoms with Gasteiger partial charge in [0, 0.05) is 69.2 Å². The lowest BCUT2D eigenvalue weighted by atomic mass is 10.1. The van der Waals surface area contributed by atoms with Gasteiger partial charge in [-0.05, 0) is 36.1 Å². The molecule has 39 heavy (non-hydrogen) atoms. The molecule has 0 spiro atoms. The molecule has 8 nitrogen and oxygen atoms in total. The van der Waals surface area contributed by atoms with Crippen LogP contribution in [0.15, 0.2) is 58.6 Å². The highest BCUT2D eigenvalue weighted by Crippen LogP contribution is 2.40. The molecule has 204 valence electrons. The lowest BCUT2D eigenvalue weighted by Gasteiger charge is -2.20. The number of hydrogen-bond acceptors (Lipinski definition) is 8. The fraction of sp³-hybridized carbons (Fsp3) is 0.419. The largest absolute Gasteiger partial charge is 0.493 e. The Kier molecular flexibility index (Phi) is 7.14. The summed E-state index contributed by atoms with van der Waals surface area (Å²) in [6.45, 7) is 12.7. The van der Waals surface area contributed by atoms with Crippen LogP contribution in [0.3, 0.4) is 0 Å². The molecule has 2 aromatic rings. The summed E-state index contributed by atoms with van der Waals surface area (Å²) in [5.74, 6) is 2.83. The minimum Gasteiger partial charge on any atom is -0.493 e. The summed E-state index contributed by atoms with van der Waals surface area (Å²) >= 11 is 0. The molecule has 2 saturated heterocycles. The molecule has 0 aromatic heterocycles. The molecule has 2 fully saturated rings. The topological polar surface area (TPSA) is 68.1 Å². The van der Waals surface area contributed by atoms with Gasteiger partial charge in [-0.15, -0.1) is 0 Å². The summed E-state index contributed by atoms with van der Waals surface area (Å²) in [4.78, 5) is 14.3. The minimum atomic E-state index is 0.310. The van der Waals surface area contributed by atoms with Gasteiger partial charge >= 0.3 is 0 Å². The third kappa shape index (κ3) is 5.31. The third-order valence-electron chi connectivity index (χ3n) is 7.84. The van der Waals surface area contributed by atoms with E-state index in [2.05, 4.69) is 23.0 Å². The Morgan fingerprint density at radius 3 is 1.59 bits per heavy atom. The second-order valence-corrected chi connectivity index (χ2v) is 10.7. The monoisotopic (exact) mass is 528 g/mol. The number of methoxy groups -OCH3 is 2. The van der Waals surface area contributed by atoms with Crippen molar-refractivity contribution in [3.63, 3.8) is 0 Å². The highest BCUT2D eigenvalue weighted by molar-refractivity contribution is 5.74. The van der Waals surface area contributed by atoms with Crippen LogP contribution in [0.25, 0.3) is 0 Å². The van der Waals surface area contributed by atoms with Crippen molar-refractivity contribution in [3.05, 3.63) is 59.7 Å². The van der Waals surface area contributed by atoms with Crippen molar-refractivity contribution in [2.45, 2.75) is 44.4 Å². The predicted molar refractivity (Wildman–Crippen MR) is 154 cm³/mol. The smallest absolute Gasteiger partial charge is 0.163 e. The van der Waals surface area contributed by atoms with Crippen LogP contribution in [-0.2, 0) is 13.1 Å². The molecule has 0 aliphatic carbocycles. The van der Waals surface area contributed by atoms with Crippen molar-refractivity contribution in [2.24, 2.45) is 9.98 Å². The number of hydrogen-bond donors (Lipinski definition) is 0. The first-order chi connectivity index (χ1) is 19.0. The third-order valence-corrected chi connectivity index (χ3v) is 7.84. The Morgan fingerprint density at radius 2 is 1.15 bits per heavy atom. The normalized spacial score (nSPS) is 22.0. The van der Waals surface area contributed by atoms with E-state index in [1.165, 1.54) is 11.1 Å². The molecule has 4 aliphatic heterocycles. The average molecular weight is 529 g/mol. The molecule has 0 unspecified atom stereocenters. The maximum Gasteiger partial charge on any atom is 0.163 e. The van der Waals surface area contributed by atoms with E-state index >= 15 is 0 Å². The van der Waals surface area contributed by atoms with Gasteiger partial charge in [0.1, 0.15) is 0 Å². The van der Waals surface area contributed by atoms with Gasteiger partial charge in [0.25, 0.3) is 0 Å². The SMILES string of the molecule is C=C1C[C@H]2C=Nc3cc(OCCCOc4cc5c(cc4OC)CN4CC(=C)C[C@H]4C=N5)c(OC)cc3CN2C1. The van der Waals surface area contributed by atoms with E-state index in [1.807, 2.05) is 36.7 Å². The molecule has 2 aromatic carbocycles. The van der Waals surface area contributed by atoms with Crippen LogP contribution in [0.4, 0.5) is 11.4 Å². The fourth-order valence-electron chi connectivity index (χ4n) is 5.84. The van der Waals surface area contributed by atoms with Crippen LogP contribution >= 0.6 is 0 Å². The lowest BCUT2D eigenvalue weighted by Crippen LogP contribution is -2.28. The molecule has 4 aliphatic rings. The molecule has 0 N–H and O–H groups in total. The second-order valence-electron chi connectivity index (χ2n) is 10.7. The average Bonchev–Trinajstić information content (AvgIpc) is 3.35. The molecule has 8 heteroatoms. The molecular formula is C31H36N4O4. The number of aliphatic imine (C=N–C) groups is 2. The van der Waals surface area contributed by atoms with Gasteiger partial charge < -0.3 is 18.9 Å². The fourth-order valence-corrected chi connectivity index (χ4v) is 5.84. The van der Waals surface area contributed by atoms with E-state index in [4.69, 9.17) is 28.9 Å². The van der Waals surface area contributed by atoms with E-state index < -0.39 is 0 Å². The van der Waals surface area contributed by atoms with Gasteiger partial charge in [-0.25, -0.2) is 0 Å². The Balaban J connectivity index is 1.08. The number of nitrogens with zero attached hydrogens (tertiary/aromatic N) is 4. The zero-order valence-electron chi connectivity index (χ0n) is 22.8. The maximum atomic E-state index is 6.12. The summed E-state index contributed by atoms with van der Waals surface area (Å²) in [6.07, 6.45) is 6.70. The van der Waals surface area contributed by atoms with Gasteiger partial charge in [-0.3, -0.25) is 19.8 Å². The Labute approximate surface area is 230 Å². The van der Waals surface area contributed by atoms with E-state index in [-0.39, 0.29) is 0 Å². The molecule has 4 heterocycles. The lowest BCUT2D eigenvalue weighted by molar-refractivity contribution is 0.234. The molecule has 0 saturated carbocycles. The van der Waals surface area contributed by atoms with Gasteiger partial charge in [-0.1, -0.05) is 24.3 Å².